The standard InChI is InChI=1S/C11H11F6NO3.C6H11N.C5F6O3.CH4/c1-3-5-18(6-4-2)9(19)11(16,17)10(14,15)7(21-20)8(12)13;1-3-5-7-6-4-2;6-3(7)1(12)14-2(13)4(8,9)5(3,10)11;/h3-4,20H,1-2,5-6H2;3-4,7H,1-2,5-6H2;;1H4. The maximum atomic E-state index is 13.5. The lowest BCUT2D eigenvalue weighted by Crippen LogP contribution is -2.66. The molecule has 0 atom stereocenters. The SMILES string of the molecule is C.C=CCN(CC=C)C(=O)C(F)(F)C(F)(F)C(OO)=C(F)F.C=CCNCC=C.O=C1OC(=O)C(F)(F)C(F)(F)C1(F)F. The third-order valence-corrected chi connectivity index (χ3v) is 4.26. The molecule has 1 amide bonds. The lowest BCUT2D eigenvalue weighted by molar-refractivity contribution is -0.316. The van der Waals surface area contributed by atoms with Gasteiger partial charge in [-0.05, 0) is 0 Å². The number of nitrogens with zero attached hydrogens (tertiary/aromatic N) is 1. The number of carbonyl (C=O) groups is 3. The number of nitrogens with one attached hydrogen (secondary N) is 1. The summed E-state index contributed by atoms with van der Waals surface area (Å²) in [4.78, 5) is 34.3. The molecule has 0 radical (unpaired) electrons. The van der Waals surface area contributed by atoms with Crippen molar-refractivity contribution in [3.05, 3.63) is 62.5 Å². The number of cyclic esters (lactones) is 2. The van der Waals surface area contributed by atoms with E-state index in [1.54, 1.807) is 0 Å². The van der Waals surface area contributed by atoms with E-state index in [1.807, 2.05) is 12.2 Å². The number of carbonyl (C=O) groups excluding carboxylic acids is 3. The molecular formula is C23H26F12N2O6. The molecule has 0 aliphatic carbocycles. The van der Waals surface area contributed by atoms with Gasteiger partial charge >= 0.3 is 53.5 Å². The smallest absolute Gasteiger partial charge is 0.384 e. The summed E-state index contributed by atoms with van der Waals surface area (Å²) < 4.78 is 154. The number of esters is 2. The van der Waals surface area contributed by atoms with Crippen molar-refractivity contribution >= 4 is 17.8 Å². The first kappa shape index (κ1) is 43.6. The zero-order chi connectivity index (χ0) is 33.7. The average Bonchev–Trinajstić information content (AvgIpc) is 2.88. The van der Waals surface area contributed by atoms with Gasteiger partial charge in [-0.2, -0.15) is 52.7 Å². The minimum absolute atomic E-state index is 0. The largest absolute Gasteiger partial charge is 0.411 e. The van der Waals surface area contributed by atoms with Crippen molar-refractivity contribution in [1.29, 1.82) is 0 Å². The van der Waals surface area contributed by atoms with Crippen LogP contribution in [0.15, 0.2) is 62.5 Å². The molecule has 0 spiro atoms. The monoisotopic (exact) mass is 654 g/mol. The minimum Gasteiger partial charge on any atom is -0.384 e. The van der Waals surface area contributed by atoms with Gasteiger partial charge in [0.05, 0.1) is 0 Å². The fraction of sp³-hybridized carbons (Fsp3) is 0.435. The number of amides is 1. The van der Waals surface area contributed by atoms with Gasteiger partial charge in [-0.25, -0.2) is 14.8 Å². The van der Waals surface area contributed by atoms with Gasteiger partial charge in [0.15, 0.2) is 0 Å². The molecule has 43 heavy (non-hydrogen) atoms. The third-order valence-electron chi connectivity index (χ3n) is 4.26. The van der Waals surface area contributed by atoms with E-state index in [2.05, 4.69) is 41.3 Å². The Balaban J connectivity index is -0.000000623. The first-order valence-electron chi connectivity index (χ1n) is 10.5. The second-order valence-corrected chi connectivity index (χ2v) is 7.25. The van der Waals surface area contributed by atoms with Crippen LogP contribution in [0.4, 0.5) is 52.7 Å². The van der Waals surface area contributed by atoms with E-state index in [-0.39, 0.29) is 12.3 Å². The second-order valence-electron chi connectivity index (χ2n) is 7.25. The van der Waals surface area contributed by atoms with Gasteiger partial charge in [-0.3, -0.25) is 4.79 Å². The number of ether oxygens (including phenoxy) is 1. The Labute approximate surface area is 236 Å². The topological polar surface area (TPSA) is 105 Å². The molecule has 1 heterocycles. The quantitative estimate of drug-likeness (QED) is 0.0412. The maximum absolute atomic E-state index is 13.5. The molecule has 8 nitrogen and oxygen atoms in total. The van der Waals surface area contributed by atoms with Gasteiger partial charge in [-0.15, -0.1) is 26.3 Å². The zero-order valence-electron chi connectivity index (χ0n) is 20.9. The zero-order valence-corrected chi connectivity index (χ0v) is 20.9. The first-order valence-corrected chi connectivity index (χ1v) is 10.5. The number of allylic oxidation sites excluding steroid dienone is 1. The maximum Gasteiger partial charge on any atom is 0.411 e. The molecule has 1 aliphatic heterocycles. The van der Waals surface area contributed by atoms with E-state index in [0.29, 0.717) is 0 Å². The Kier molecular flexibility index (Phi) is 17.6. The average molecular weight is 654 g/mol. The van der Waals surface area contributed by atoms with E-state index < -0.39 is 72.4 Å². The molecule has 0 saturated carbocycles. The Morgan fingerprint density at radius 2 is 1.21 bits per heavy atom. The fourth-order valence-electron chi connectivity index (χ4n) is 2.19. The van der Waals surface area contributed by atoms with Gasteiger partial charge in [-0.1, -0.05) is 31.7 Å². The van der Waals surface area contributed by atoms with Crippen LogP contribution in [0.1, 0.15) is 7.43 Å². The summed E-state index contributed by atoms with van der Waals surface area (Å²) >= 11 is 0. The van der Waals surface area contributed by atoms with Crippen molar-refractivity contribution in [3.63, 3.8) is 0 Å². The second kappa shape index (κ2) is 17.3. The molecule has 248 valence electrons. The molecular weight excluding hydrogens is 628 g/mol. The normalized spacial score (nSPS) is 16.2. The lowest BCUT2D eigenvalue weighted by Gasteiger charge is -2.33. The number of halogens is 12. The highest BCUT2D eigenvalue weighted by atomic mass is 19.3. The highest BCUT2D eigenvalue weighted by Gasteiger charge is 2.83. The highest BCUT2D eigenvalue weighted by molar-refractivity contribution is 5.98. The summed E-state index contributed by atoms with van der Waals surface area (Å²) in [5.41, 5.74) is 0. The highest BCUT2D eigenvalue weighted by Crippen LogP contribution is 2.49. The van der Waals surface area contributed by atoms with Crippen LogP contribution in [0.25, 0.3) is 0 Å². The van der Waals surface area contributed by atoms with Crippen molar-refractivity contribution in [2.24, 2.45) is 0 Å². The third kappa shape index (κ3) is 9.87. The fourth-order valence-corrected chi connectivity index (χ4v) is 2.19. The number of alkyl halides is 10. The van der Waals surface area contributed by atoms with Crippen molar-refractivity contribution in [2.45, 2.75) is 37.0 Å². The van der Waals surface area contributed by atoms with Crippen LogP contribution in [0.5, 0.6) is 0 Å². The van der Waals surface area contributed by atoms with Crippen LogP contribution >= 0.6 is 0 Å². The number of hydrogen-bond donors (Lipinski definition) is 2. The van der Waals surface area contributed by atoms with Gasteiger partial charge in [0.25, 0.3) is 5.76 Å². The first-order chi connectivity index (χ1) is 19.0. The molecule has 1 saturated heterocycles. The van der Waals surface area contributed by atoms with E-state index in [4.69, 9.17) is 5.26 Å². The van der Waals surface area contributed by atoms with E-state index in [0.717, 1.165) is 25.2 Å². The van der Waals surface area contributed by atoms with Gasteiger partial charge in [0.2, 0.25) is 0 Å². The van der Waals surface area contributed by atoms with E-state index in [9.17, 15) is 67.1 Å². The van der Waals surface area contributed by atoms with Crippen molar-refractivity contribution in [2.75, 3.05) is 26.2 Å². The van der Waals surface area contributed by atoms with Crippen LogP contribution in [0, 0.1) is 0 Å². The van der Waals surface area contributed by atoms with Crippen LogP contribution in [0.2, 0.25) is 0 Å². The summed E-state index contributed by atoms with van der Waals surface area (Å²) in [6.07, 6.45) is 2.18. The predicted molar refractivity (Wildman–Crippen MR) is 126 cm³/mol. The molecule has 2 N–H and O–H groups in total. The molecule has 1 rings (SSSR count). The molecule has 0 unspecified atom stereocenters. The van der Waals surface area contributed by atoms with Crippen molar-refractivity contribution in [1.82, 2.24) is 10.2 Å². The van der Waals surface area contributed by atoms with Gasteiger partial charge in [0, 0.05) is 26.2 Å². The summed E-state index contributed by atoms with van der Waals surface area (Å²) in [6, 6.07) is 0. The molecule has 0 aromatic heterocycles. The van der Waals surface area contributed by atoms with Crippen LogP contribution < -0.4 is 5.32 Å². The predicted octanol–water partition coefficient (Wildman–Crippen LogP) is 5.62. The summed E-state index contributed by atoms with van der Waals surface area (Å²) in [5.74, 6) is -40.3. The van der Waals surface area contributed by atoms with Gasteiger partial charge in [0.1, 0.15) is 0 Å². The van der Waals surface area contributed by atoms with Crippen LogP contribution in [0.3, 0.4) is 0 Å². The molecule has 20 heteroatoms. The molecule has 0 bridgehead atoms. The Bertz CT molecular complexity index is 998. The molecule has 1 fully saturated rings. The Morgan fingerprint density at radius 3 is 1.49 bits per heavy atom. The Morgan fingerprint density at radius 1 is 0.837 bits per heavy atom. The summed E-state index contributed by atoms with van der Waals surface area (Å²) in [7, 11) is 0. The summed E-state index contributed by atoms with van der Waals surface area (Å²) in [5, 5.41) is 11.0. The number of rotatable bonds is 12. The van der Waals surface area contributed by atoms with Crippen LogP contribution in [-0.4, -0.2) is 83.8 Å². The molecule has 1 aliphatic rings. The lowest BCUT2D eigenvalue weighted by atomic mass is 10.0. The van der Waals surface area contributed by atoms with Crippen molar-refractivity contribution in [3.8, 4) is 0 Å². The van der Waals surface area contributed by atoms with Crippen molar-refractivity contribution < 1.29 is 82.0 Å². The minimum atomic E-state index is -6.08. The van der Waals surface area contributed by atoms with E-state index in [1.165, 1.54) is 0 Å². The molecule has 0 aromatic rings. The number of hydrogen-bond acceptors (Lipinski definition) is 7. The van der Waals surface area contributed by atoms with Crippen LogP contribution in [-0.2, 0) is 24.0 Å². The molecule has 0 aromatic carbocycles. The van der Waals surface area contributed by atoms with E-state index >= 15 is 0 Å². The summed E-state index contributed by atoms with van der Waals surface area (Å²) in [6.45, 7) is 14.0. The Hall–Kier alpha value is -3.81. The van der Waals surface area contributed by atoms with Gasteiger partial charge < -0.3 is 19.8 Å².